The van der Waals surface area contributed by atoms with E-state index in [0.717, 1.165) is 11.3 Å². The highest BCUT2D eigenvalue weighted by molar-refractivity contribution is 6.32. The van der Waals surface area contributed by atoms with Gasteiger partial charge in [0.25, 0.3) is 0 Å². The zero-order valence-electron chi connectivity index (χ0n) is 7.10. The lowest BCUT2D eigenvalue weighted by Gasteiger charge is -2.08. The third-order valence-corrected chi connectivity index (χ3v) is 1.93. The predicted molar refractivity (Wildman–Crippen MR) is 50.0 cm³/mol. The normalized spacial score (nSPS) is 9.58. The summed E-state index contributed by atoms with van der Waals surface area (Å²) in [6.07, 6.45) is 1.66. The standard InChI is InChI=1S/C9H10ClNO/c1-6-9(7(2)12-3)8(10)4-5-11-6/h4-5H,2H2,1,3H3. The average Bonchev–Trinajstić information content (AvgIpc) is 2.03. The van der Waals surface area contributed by atoms with E-state index in [1.165, 1.54) is 0 Å². The molecule has 64 valence electrons. The molecule has 0 saturated carbocycles. The second-order valence-corrected chi connectivity index (χ2v) is 2.79. The minimum atomic E-state index is 0.547. The highest BCUT2D eigenvalue weighted by atomic mass is 35.5. The molecular weight excluding hydrogens is 174 g/mol. The zero-order chi connectivity index (χ0) is 9.14. The average molecular weight is 184 g/mol. The topological polar surface area (TPSA) is 22.1 Å². The summed E-state index contributed by atoms with van der Waals surface area (Å²) >= 11 is 5.92. The fraction of sp³-hybridized carbons (Fsp3) is 0.222. The van der Waals surface area contributed by atoms with Gasteiger partial charge in [0.2, 0.25) is 0 Å². The molecule has 0 N–H and O–H groups in total. The van der Waals surface area contributed by atoms with E-state index in [0.29, 0.717) is 10.8 Å². The molecule has 0 saturated heterocycles. The van der Waals surface area contributed by atoms with E-state index in [9.17, 15) is 0 Å². The summed E-state index contributed by atoms with van der Waals surface area (Å²) < 4.78 is 4.98. The van der Waals surface area contributed by atoms with Gasteiger partial charge in [-0.05, 0) is 13.0 Å². The van der Waals surface area contributed by atoms with Crippen LogP contribution in [-0.2, 0) is 4.74 Å². The van der Waals surface area contributed by atoms with Gasteiger partial charge in [-0.15, -0.1) is 0 Å². The first-order valence-electron chi connectivity index (χ1n) is 3.51. The van der Waals surface area contributed by atoms with Crippen LogP contribution < -0.4 is 0 Å². The number of rotatable bonds is 2. The van der Waals surface area contributed by atoms with Gasteiger partial charge < -0.3 is 4.74 Å². The van der Waals surface area contributed by atoms with Crippen LogP contribution in [0.5, 0.6) is 0 Å². The third kappa shape index (κ3) is 1.59. The first kappa shape index (κ1) is 9.07. The molecule has 0 aliphatic carbocycles. The lowest BCUT2D eigenvalue weighted by Crippen LogP contribution is -1.93. The number of hydrogen-bond acceptors (Lipinski definition) is 2. The van der Waals surface area contributed by atoms with E-state index in [-0.39, 0.29) is 0 Å². The van der Waals surface area contributed by atoms with Crippen LogP contribution in [0.2, 0.25) is 5.02 Å². The summed E-state index contributed by atoms with van der Waals surface area (Å²) in [5.74, 6) is 0.547. The number of methoxy groups -OCH3 is 1. The number of nitrogens with zero attached hydrogens (tertiary/aromatic N) is 1. The van der Waals surface area contributed by atoms with Gasteiger partial charge in [-0.1, -0.05) is 18.2 Å². The Labute approximate surface area is 76.8 Å². The molecule has 1 aromatic heterocycles. The van der Waals surface area contributed by atoms with Crippen LogP contribution in [0.25, 0.3) is 5.76 Å². The quantitative estimate of drug-likeness (QED) is 0.658. The van der Waals surface area contributed by atoms with Crippen LogP contribution in [0.3, 0.4) is 0 Å². The Kier molecular flexibility index (Phi) is 2.71. The molecule has 1 heterocycles. The number of aryl methyl sites for hydroxylation is 1. The number of aromatic nitrogens is 1. The Morgan fingerprint density at radius 2 is 2.33 bits per heavy atom. The Hall–Kier alpha value is -1.02. The van der Waals surface area contributed by atoms with E-state index < -0.39 is 0 Å². The summed E-state index contributed by atoms with van der Waals surface area (Å²) in [5.41, 5.74) is 1.61. The molecule has 0 spiro atoms. The maximum absolute atomic E-state index is 5.92. The van der Waals surface area contributed by atoms with Crippen molar-refractivity contribution in [1.29, 1.82) is 0 Å². The van der Waals surface area contributed by atoms with Gasteiger partial charge in [-0.3, -0.25) is 4.98 Å². The molecule has 3 heteroatoms. The predicted octanol–water partition coefficient (Wildman–Crippen LogP) is 2.66. The molecule has 0 aliphatic heterocycles. The van der Waals surface area contributed by atoms with Crippen molar-refractivity contribution in [3.8, 4) is 0 Å². The highest BCUT2D eigenvalue weighted by Crippen LogP contribution is 2.24. The smallest absolute Gasteiger partial charge is 0.122 e. The molecule has 1 aromatic rings. The zero-order valence-corrected chi connectivity index (χ0v) is 7.85. The molecular formula is C9H10ClNO. The molecule has 0 unspecified atom stereocenters. The van der Waals surface area contributed by atoms with Gasteiger partial charge in [0, 0.05) is 11.9 Å². The number of halogens is 1. The van der Waals surface area contributed by atoms with E-state index in [1.807, 2.05) is 6.92 Å². The van der Waals surface area contributed by atoms with Gasteiger partial charge in [-0.25, -0.2) is 0 Å². The van der Waals surface area contributed by atoms with Gasteiger partial charge in [0.15, 0.2) is 0 Å². The van der Waals surface area contributed by atoms with Gasteiger partial charge in [0.05, 0.1) is 17.7 Å². The molecule has 0 fully saturated rings. The van der Waals surface area contributed by atoms with Crippen molar-refractivity contribution < 1.29 is 4.74 Å². The van der Waals surface area contributed by atoms with Crippen LogP contribution in [-0.4, -0.2) is 12.1 Å². The van der Waals surface area contributed by atoms with E-state index >= 15 is 0 Å². The minimum Gasteiger partial charge on any atom is -0.497 e. The first-order chi connectivity index (χ1) is 5.66. The fourth-order valence-electron chi connectivity index (χ4n) is 0.972. The van der Waals surface area contributed by atoms with Crippen molar-refractivity contribution in [2.75, 3.05) is 7.11 Å². The number of hydrogen-bond donors (Lipinski definition) is 0. The molecule has 0 aromatic carbocycles. The second kappa shape index (κ2) is 3.59. The van der Waals surface area contributed by atoms with Gasteiger partial charge >= 0.3 is 0 Å². The Morgan fingerprint density at radius 3 is 2.83 bits per heavy atom. The van der Waals surface area contributed by atoms with Crippen molar-refractivity contribution in [2.45, 2.75) is 6.92 Å². The summed E-state index contributed by atoms with van der Waals surface area (Å²) in [4.78, 5) is 4.08. The number of pyridine rings is 1. The van der Waals surface area contributed by atoms with Gasteiger partial charge in [-0.2, -0.15) is 0 Å². The summed E-state index contributed by atoms with van der Waals surface area (Å²) in [5, 5.41) is 0.620. The summed E-state index contributed by atoms with van der Waals surface area (Å²) in [7, 11) is 1.56. The molecule has 1 rings (SSSR count). The Balaban J connectivity index is 3.21. The number of ether oxygens (including phenoxy) is 1. The van der Waals surface area contributed by atoms with Crippen LogP contribution in [0.4, 0.5) is 0 Å². The third-order valence-electron chi connectivity index (χ3n) is 1.61. The van der Waals surface area contributed by atoms with Gasteiger partial charge in [0.1, 0.15) is 5.76 Å². The Bertz CT molecular complexity index is 289. The summed E-state index contributed by atoms with van der Waals surface area (Å²) in [6.45, 7) is 5.58. The van der Waals surface area contributed by atoms with Crippen molar-refractivity contribution in [3.05, 3.63) is 35.1 Å². The second-order valence-electron chi connectivity index (χ2n) is 2.38. The first-order valence-corrected chi connectivity index (χ1v) is 3.89. The lowest BCUT2D eigenvalue weighted by molar-refractivity contribution is 0.371. The molecule has 0 bridgehead atoms. The largest absolute Gasteiger partial charge is 0.497 e. The molecule has 0 radical (unpaired) electrons. The van der Waals surface area contributed by atoms with E-state index in [2.05, 4.69) is 11.6 Å². The SMILES string of the molecule is C=C(OC)c1c(Cl)ccnc1C. The Morgan fingerprint density at radius 1 is 1.67 bits per heavy atom. The van der Waals surface area contributed by atoms with Crippen molar-refractivity contribution >= 4 is 17.4 Å². The van der Waals surface area contributed by atoms with Crippen molar-refractivity contribution in [3.63, 3.8) is 0 Å². The van der Waals surface area contributed by atoms with Crippen LogP contribution in [0.15, 0.2) is 18.8 Å². The molecule has 12 heavy (non-hydrogen) atoms. The fourth-order valence-corrected chi connectivity index (χ4v) is 1.27. The molecule has 0 amide bonds. The maximum atomic E-state index is 5.92. The lowest BCUT2D eigenvalue weighted by atomic mass is 10.2. The monoisotopic (exact) mass is 183 g/mol. The highest BCUT2D eigenvalue weighted by Gasteiger charge is 2.07. The maximum Gasteiger partial charge on any atom is 0.122 e. The van der Waals surface area contributed by atoms with Crippen LogP contribution in [0.1, 0.15) is 11.3 Å². The van der Waals surface area contributed by atoms with Crippen LogP contribution >= 0.6 is 11.6 Å². The van der Waals surface area contributed by atoms with Crippen LogP contribution in [0, 0.1) is 6.92 Å². The van der Waals surface area contributed by atoms with E-state index in [1.54, 1.807) is 19.4 Å². The van der Waals surface area contributed by atoms with Crippen molar-refractivity contribution in [1.82, 2.24) is 4.98 Å². The molecule has 0 aliphatic rings. The molecule has 0 atom stereocenters. The van der Waals surface area contributed by atoms with E-state index in [4.69, 9.17) is 16.3 Å². The van der Waals surface area contributed by atoms with Crippen molar-refractivity contribution in [2.24, 2.45) is 0 Å². The molecule has 2 nitrogen and oxygen atoms in total. The minimum absolute atomic E-state index is 0.547. The summed E-state index contributed by atoms with van der Waals surface area (Å²) in [6, 6.07) is 1.72.